The Morgan fingerprint density at radius 2 is 1.95 bits per heavy atom. The van der Waals surface area contributed by atoms with Crippen molar-refractivity contribution in [2.24, 2.45) is 4.99 Å². The fraction of sp³-hybridized carbons (Fsp3) is 0.536. The number of aromatic nitrogens is 5. The molecule has 2 aliphatic carbocycles. The van der Waals surface area contributed by atoms with E-state index in [0.29, 0.717) is 25.6 Å². The number of hydrogen-bond donors (Lipinski definition) is 3. The monoisotopic (exact) mass is 580 g/mol. The highest BCUT2D eigenvalue weighted by Crippen LogP contribution is 2.39. The number of nitrogens with zero attached hydrogens (tertiary/aromatic N) is 7. The third-order valence-corrected chi connectivity index (χ3v) is 8.61. The molecule has 1 unspecified atom stereocenters. The van der Waals surface area contributed by atoms with Crippen LogP contribution in [0.5, 0.6) is 0 Å². The van der Waals surface area contributed by atoms with Crippen molar-refractivity contribution in [3.63, 3.8) is 0 Å². The van der Waals surface area contributed by atoms with Crippen LogP contribution in [0.15, 0.2) is 47.9 Å². The van der Waals surface area contributed by atoms with Crippen LogP contribution >= 0.6 is 0 Å². The number of fused-ring (bicyclic) bond motifs is 1. The number of halogens is 3. The van der Waals surface area contributed by atoms with E-state index in [1.54, 1.807) is 12.3 Å². The summed E-state index contributed by atoms with van der Waals surface area (Å²) in [4.78, 5) is 18.0. The second-order valence-corrected chi connectivity index (χ2v) is 11.7. The maximum Gasteiger partial charge on any atom is 0.429 e. The Kier molecular flexibility index (Phi) is 6.56. The molecule has 5 heterocycles. The van der Waals surface area contributed by atoms with E-state index in [9.17, 15) is 18.4 Å². The standard InChI is InChI=1S/C28H31F3N10O/c29-28(30,31)26-38-22(37-18-1-2-18)11-23(39-26)42-20-5-3-19(4-6-20)40-14-27(15-40,8-9-32)41-13-17(12-36-41)24-21-7-10-33-25(21)35-16-34-24/h7,10-13,16,18-20,26,39H,1-6,8,14-15H2,(H,37,38)(H,33,34,35)/t19-,20+,26?. The number of H-pyrrole nitrogens is 1. The minimum atomic E-state index is -4.51. The predicted octanol–water partition coefficient (Wildman–Crippen LogP) is 3.56. The van der Waals surface area contributed by atoms with Crippen LogP contribution < -0.4 is 10.6 Å². The molecule has 2 aliphatic heterocycles. The van der Waals surface area contributed by atoms with E-state index >= 15 is 0 Å². The van der Waals surface area contributed by atoms with E-state index in [2.05, 4.69) is 46.6 Å². The smallest absolute Gasteiger partial charge is 0.429 e. The van der Waals surface area contributed by atoms with E-state index in [1.807, 2.05) is 23.1 Å². The van der Waals surface area contributed by atoms with Gasteiger partial charge in [-0.25, -0.2) is 15.0 Å². The Labute approximate surface area is 239 Å². The maximum atomic E-state index is 13.5. The summed E-state index contributed by atoms with van der Waals surface area (Å²) >= 11 is 0. The van der Waals surface area contributed by atoms with Crippen molar-refractivity contribution >= 4 is 16.9 Å². The predicted molar refractivity (Wildman–Crippen MR) is 147 cm³/mol. The molecule has 3 aromatic heterocycles. The molecule has 0 bridgehead atoms. The normalized spacial score (nSPS) is 26.0. The minimum absolute atomic E-state index is 0.117. The molecule has 0 radical (unpaired) electrons. The zero-order valence-electron chi connectivity index (χ0n) is 22.8. The SMILES string of the molecule is N#CCC1(n2cc(-c3ncnc4[nH]ccc34)cn2)CN([C@H]2CC[C@@H](OC3=CC(NC4CC4)=NC(C(F)(F)F)N3)CC2)C1. The number of aliphatic imine (C=N–C) groups is 1. The Hall–Kier alpha value is -4.12. The van der Waals surface area contributed by atoms with Gasteiger partial charge in [0.2, 0.25) is 6.17 Å². The van der Waals surface area contributed by atoms with Crippen LogP contribution in [0.1, 0.15) is 44.9 Å². The molecule has 7 rings (SSSR count). The Morgan fingerprint density at radius 3 is 2.69 bits per heavy atom. The Bertz CT molecular complexity index is 1550. The first-order valence-corrected chi connectivity index (χ1v) is 14.3. The van der Waals surface area contributed by atoms with Crippen LogP contribution in [0.2, 0.25) is 0 Å². The summed E-state index contributed by atoms with van der Waals surface area (Å²) in [6.45, 7) is 1.40. The Morgan fingerprint density at radius 1 is 1.14 bits per heavy atom. The molecule has 2 saturated carbocycles. The first kappa shape index (κ1) is 26.8. The van der Waals surface area contributed by atoms with Gasteiger partial charge in [0.15, 0.2) is 5.88 Å². The number of nitriles is 1. The van der Waals surface area contributed by atoms with Crippen molar-refractivity contribution in [3.8, 4) is 17.3 Å². The van der Waals surface area contributed by atoms with Gasteiger partial charge in [0.05, 0.1) is 24.4 Å². The number of nitrogens with one attached hydrogen (secondary N) is 3. The lowest BCUT2D eigenvalue weighted by Gasteiger charge is -2.53. The molecule has 42 heavy (non-hydrogen) atoms. The highest BCUT2D eigenvalue weighted by atomic mass is 19.4. The summed E-state index contributed by atoms with van der Waals surface area (Å²) in [5, 5.41) is 20.7. The van der Waals surface area contributed by atoms with Crippen LogP contribution in [0, 0.1) is 11.3 Å². The van der Waals surface area contributed by atoms with E-state index in [0.717, 1.165) is 60.8 Å². The fourth-order valence-electron chi connectivity index (χ4n) is 6.22. The molecule has 11 nitrogen and oxygen atoms in total. The summed E-state index contributed by atoms with van der Waals surface area (Å²) < 4.78 is 48.3. The lowest BCUT2D eigenvalue weighted by atomic mass is 9.82. The summed E-state index contributed by atoms with van der Waals surface area (Å²) in [7, 11) is 0. The zero-order chi connectivity index (χ0) is 28.9. The van der Waals surface area contributed by atoms with E-state index in [1.165, 1.54) is 6.33 Å². The molecule has 0 spiro atoms. The summed E-state index contributed by atoms with van der Waals surface area (Å²) in [6.07, 6.45) is 7.33. The van der Waals surface area contributed by atoms with Gasteiger partial charge in [-0.15, -0.1) is 0 Å². The third-order valence-electron chi connectivity index (χ3n) is 8.61. The van der Waals surface area contributed by atoms with Gasteiger partial charge in [-0.3, -0.25) is 9.58 Å². The number of alkyl halides is 3. The van der Waals surface area contributed by atoms with Crippen LogP contribution in [0.3, 0.4) is 0 Å². The zero-order valence-corrected chi connectivity index (χ0v) is 22.8. The van der Waals surface area contributed by atoms with Crippen molar-refractivity contribution in [1.29, 1.82) is 5.26 Å². The van der Waals surface area contributed by atoms with Crippen LogP contribution in [-0.2, 0) is 10.3 Å². The van der Waals surface area contributed by atoms with Gasteiger partial charge < -0.3 is 20.4 Å². The van der Waals surface area contributed by atoms with Crippen LogP contribution in [0.4, 0.5) is 13.2 Å². The quantitative estimate of drug-likeness (QED) is 0.387. The van der Waals surface area contributed by atoms with Crippen molar-refractivity contribution in [3.05, 3.63) is 42.9 Å². The molecule has 14 heteroatoms. The van der Waals surface area contributed by atoms with Crippen LogP contribution in [0.25, 0.3) is 22.3 Å². The average Bonchev–Trinajstić information content (AvgIpc) is 3.41. The number of likely N-dealkylation sites (tertiary alicyclic amines) is 1. The summed E-state index contributed by atoms with van der Waals surface area (Å²) in [5.41, 5.74) is 2.00. The molecular weight excluding hydrogens is 549 g/mol. The van der Waals surface area contributed by atoms with Gasteiger partial charge in [-0.05, 0) is 44.6 Å². The molecule has 3 fully saturated rings. The molecule has 1 saturated heterocycles. The molecule has 3 aromatic rings. The van der Waals surface area contributed by atoms with Gasteiger partial charge in [-0.2, -0.15) is 23.5 Å². The first-order chi connectivity index (χ1) is 20.3. The highest BCUT2D eigenvalue weighted by molar-refractivity contribution is 5.94. The van der Waals surface area contributed by atoms with Crippen molar-refractivity contribution < 1.29 is 17.9 Å². The van der Waals surface area contributed by atoms with Gasteiger partial charge in [-0.1, -0.05) is 0 Å². The van der Waals surface area contributed by atoms with Gasteiger partial charge in [0.1, 0.15) is 29.5 Å². The summed E-state index contributed by atoms with van der Waals surface area (Å²) in [5.74, 6) is 0.335. The molecule has 1 atom stereocenters. The second-order valence-electron chi connectivity index (χ2n) is 11.7. The highest BCUT2D eigenvalue weighted by Gasteiger charge is 2.48. The largest absolute Gasteiger partial charge is 0.476 e. The minimum Gasteiger partial charge on any atom is -0.476 e. The molecule has 4 aliphatic rings. The maximum absolute atomic E-state index is 13.5. The number of amidine groups is 1. The molecule has 0 aromatic carbocycles. The van der Waals surface area contributed by atoms with Crippen molar-refractivity contribution in [1.82, 2.24) is 40.3 Å². The number of aromatic amines is 1. The molecule has 220 valence electrons. The third kappa shape index (κ3) is 5.17. The number of hydrogen-bond acceptors (Lipinski definition) is 9. The topological polar surface area (TPSA) is 132 Å². The first-order valence-electron chi connectivity index (χ1n) is 14.3. The van der Waals surface area contributed by atoms with Gasteiger partial charge in [0.25, 0.3) is 0 Å². The molecular formula is C28H31F3N10O. The summed E-state index contributed by atoms with van der Waals surface area (Å²) in [6, 6.07) is 4.78. The average molecular weight is 581 g/mol. The van der Waals surface area contributed by atoms with Crippen LogP contribution in [-0.4, -0.2) is 79.1 Å². The van der Waals surface area contributed by atoms with E-state index in [4.69, 9.17) is 4.74 Å². The van der Waals surface area contributed by atoms with E-state index in [-0.39, 0.29) is 23.9 Å². The van der Waals surface area contributed by atoms with Gasteiger partial charge >= 0.3 is 6.18 Å². The number of ether oxygens (including phenoxy) is 1. The lowest BCUT2D eigenvalue weighted by Crippen LogP contribution is -2.65. The van der Waals surface area contributed by atoms with E-state index < -0.39 is 17.9 Å². The fourth-order valence-corrected chi connectivity index (χ4v) is 6.22. The second kappa shape index (κ2) is 10.3. The molecule has 0 amide bonds. The number of rotatable bonds is 7. The lowest BCUT2D eigenvalue weighted by molar-refractivity contribution is -0.155. The van der Waals surface area contributed by atoms with Crippen molar-refractivity contribution in [2.75, 3.05) is 13.1 Å². The van der Waals surface area contributed by atoms with Crippen molar-refractivity contribution in [2.45, 2.75) is 81.0 Å². The molecule has 3 N–H and O–H groups in total. The van der Waals surface area contributed by atoms with Gasteiger partial charge in [0, 0.05) is 54.6 Å². The Balaban J connectivity index is 0.969.